The number of hydrogen-bond acceptors (Lipinski definition) is 4. The zero-order chi connectivity index (χ0) is 9.07. The highest BCUT2D eigenvalue weighted by Gasteiger charge is 2.46. The third-order valence-electron chi connectivity index (χ3n) is 1.92. The summed E-state index contributed by atoms with van der Waals surface area (Å²) in [5.41, 5.74) is -1.62. The van der Waals surface area contributed by atoms with Gasteiger partial charge in [0.05, 0.1) is 4.92 Å². The largest absolute Gasteiger partial charge is 0.350 e. The topological polar surface area (TPSA) is 72.6 Å². The van der Waals surface area contributed by atoms with Gasteiger partial charge < -0.3 is 0 Å². The Morgan fingerprint density at radius 3 is 2.09 bits per heavy atom. The molecule has 0 saturated heterocycles. The van der Waals surface area contributed by atoms with Gasteiger partial charge in [-0.25, -0.2) is 0 Å². The number of nitro groups is 1. The molecule has 5 heteroatoms. The smallest absolute Gasteiger partial charge is 0.262 e. The summed E-state index contributed by atoms with van der Waals surface area (Å²) in [5.74, 6) is -0.361. The second-order valence-electron chi connectivity index (χ2n) is 2.74. The van der Waals surface area contributed by atoms with E-state index in [9.17, 15) is 15.0 Å². The summed E-state index contributed by atoms with van der Waals surface area (Å²) in [6.45, 7) is 4.82. The van der Waals surface area contributed by atoms with Gasteiger partial charge in [0.1, 0.15) is 0 Å². The van der Waals surface area contributed by atoms with Crippen LogP contribution >= 0.6 is 0 Å². The van der Waals surface area contributed by atoms with Crippen LogP contribution in [-0.4, -0.2) is 10.6 Å². The summed E-state index contributed by atoms with van der Waals surface area (Å²) in [6.07, 6.45) is 0.140. The molecule has 64 valence electrons. The Bertz CT molecular complexity index is 169. The Hall–Kier alpha value is -1.00. The van der Waals surface area contributed by atoms with Gasteiger partial charge in [-0.3, -0.25) is 10.1 Å². The Kier molecular flexibility index (Phi) is 3.10. The van der Waals surface area contributed by atoms with E-state index in [0.717, 1.165) is 0 Å². The molecule has 0 saturated carbocycles. The van der Waals surface area contributed by atoms with Crippen LogP contribution in [0.2, 0.25) is 0 Å². The van der Waals surface area contributed by atoms with Crippen LogP contribution in [0.25, 0.3) is 0 Å². The molecule has 1 atom stereocenters. The van der Waals surface area contributed by atoms with Crippen molar-refractivity contribution in [3.05, 3.63) is 15.0 Å². The summed E-state index contributed by atoms with van der Waals surface area (Å²) >= 11 is 0. The summed E-state index contributed by atoms with van der Waals surface area (Å²) in [6, 6.07) is 0. The molecule has 11 heavy (non-hydrogen) atoms. The number of nitrogens with zero attached hydrogens (tertiary/aromatic N) is 2. The zero-order valence-corrected chi connectivity index (χ0v) is 6.90. The monoisotopic (exact) mass is 160 g/mol. The quantitative estimate of drug-likeness (QED) is 0.357. The van der Waals surface area contributed by atoms with Gasteiger partial charge in [-0.15, -0.1) is 4.91 Å². The van der Waals surface area contributed by atoms with E-state index in [-0.39, 0.29) is 12.3 Å². The standard InChI is InChI=1S/C6H12N2O3/c1-4-6(7-9,5(2)3)8(10)11/h5H,4H2,1-3H3. The molecule has 0 rings (SSSR count). The van der Waals surface area contributed by atoms with E-state index in [1.807, 2.05) is 0 Å². The molecule has 0 aromatic rings. The van der Waals surface area contributed by atoms with Crippen LogP contribution in [0.4, 0.5) is 0 Å². The maximum atomic E-state index is 10.4. The first-order valence-electron chi connectivity index (χ1n) is 3.50. The lowest BCUT2D eigenvalue weighted by atomic mass is 9.95. The maximum Gasteiger partial charge on any atom is 0.350 e. The normalized spacial score (nSPS) is 16.0. The molecule has 0 fully saturated rings. The molecule has 1 unspecified atom stereocenters. The first-order valence-corrected chi connectivity index (χ1v) is 3.50. The SMILES string of the molecule is CCC(N=O)(C(C)C)[N+](=O)[O-]. The first-order chi connectivity index (χ1) is 5.01. The van der Waals surface area contributed by atoms with Crippen LogP contribution in [0.15, 0.2) is 5.18 Å². The molecule has 0 heterocycles. The van der Waals surface area contributed by atoms with E-state index >= 15 is 0 Å². The van der Waals surface area contributed by atoms with Crippen molar-refractivity contribution in [2.24, 2.45) is 11.1 Å². The maximum absolute atomic E-state index is 10.4. The van der Waals surface area contributed by atoms with Gasteiger partial charge in [-0.2, -0.15) is 0 Å². The van der Waals surface area contributed by atoms with Crippen LogP contribution in [0.3, 0.4) is 0 Å². The summed E-state index contributed by atoms with van der Waals surface area (Å²) in [7, 11) is 0. The van der Waals surface area contributed by atoms with Crippen molar-refractivity contribution in [3.63, 3.8) is 0 Å². The van der Waals surface area contributed by atoms with Gasteiger partial charge in [0.25, 0.3) is 0 Å². The van der Waals surface area contributed by atoms with Crippen LogP contribution in [-0.2, 0) is 0 Å². The predicted octanol–water partition coefficient (Wildman–Crippen LogP) is 1.79. The molecule has 0 spiro atoms. The van der Waals surface area contributed by atoms with E-state index in [1.54, 1.807) is 20.8 Å². The fourth-order valence-corrected chi connectivity index (χ4v) is 0.951. The average Bonchev–Trinajstić information content (AvgIpc) is 1.90. The van der Waals surface area contributed by atoms with E-state index in [2.05, 4.69) is 5.18 Å². The third-order valence-corrected chi connectivity index (χ3v) is 1.92. The Balaban J connectivity index is 4.75. The molecule has 0 N–H and O–H groups in total. The number of hydrogen-bond donors (Lipinski definition) is 0. The molecule has 0 aromatic heterocycles. The lowest BCUT2D eigenvalue weighted by molar-refractivity contribution is -0.578. The summed E-state index contributed by atoms with van der Waals surface area (Å²) < 4.78 is 0. The lowest BCUT2D eigenvalue weighted by Gasteiger charge is -2.18. The molecular formula is C6H12N2O3. The first kappa shape index (κ1) is 10.0. The van der Waals surface area contributed by atoms with Crippen molar-refractivity contribution in [1.82, 2.24) is 0 Å². The van der Waals surface area contributed by atoms with Crippen molar-refractivity contribution in [2.45, 2.75) is 32.9 Å². The van der Waals surface area contributed by atoms with E-state index in [1.165, 1.54) is 0 Å². The lowest BCUT2D eigenvalue weighted by Crippen LogP contribution is -2.40. The predicted molar refractivity (Wildman–Crippen MR) is 40.6 cm³/mol. The highest BCUT2D eigenvalue weighted by Crippen LogP contribution is 2.25. The van der Waals surface area contributed by atoms with Gasteiger partial charge >= 0.3 is 5.66 Å². The molecule has 0 aliphatic rings. The summed E-state index contributed by atoms with van der Waals surface area (Å²) in [4.78, 5) is 20.1. The van der Waals surface area contributed by atoms with Gasteiger partial charge in [0.15, 0.2) is 0 Å². The van der Waals surface area contributed by atoms with Crippen molar-refractivity contribution >= 4 is 0 Å². The molecule has 5 nitrogen and oxygen atoms in total. The fourth-order valence-electron chi connectivity index (χ4n) is 0.951. The summed E-state index contributed by atoms with van der Waals surface area (Å²) in [5, 5.41) is 13.0. The minimum absolute atomic E-state index is 0.140. The molecule has 0 radical (unpaired) electrons. The highest BCUT2D eigenvalue weighted by atomic mass is 16.6. The van der Waals surface area contributed by atoms with Gasteiger partial charge in [0.2, 0.25) is 0 Å². The molecule has 0 aromatic carbocycles. The molecule has 0 amide bonds. The molecule has 0 aliphatic carbocycles. The van der Waals surface area contributed by atoms with E-state index in [0.29, 0.717) is 0 Å². The van der Waals surface area contributed by atoms with Crippen LogP contribution < -0.4 is 0 Å². The van der Waals surface area contributed by atoms with Crippen molar-refractivity contribution < 1.29 is 4.92 Å². The van der Waals surface area contributed by atoms with E-state index in [4.69, 9.17) is 0 Å². The second kappa shape index (κ2) is 3.41. The Morgan fingerprint density at radius 1 is 1.64 bits per heavy atom. The van der Waals surface area contributed by atoms with Crippen molar-refractivity contribution in [2.75, 3.05) is 0 Å². The minimum atomic E-state index is -1.62. The Labute approximate surface area is 64.9 Å². The molecule has 0 aliphatic heterocycles. The fraction of sp³-hybridized carbons (Fsp3) is 1.00. The van der Waals surface area contributed by atoms with Crippen molar-refractivity contribution in [3.8, 4) is 0 Å². The Morgan fingerprint density at radius 2 is 2.09 bits per heavy atom. The molecule has 0 bridgehead atoms. The van der Waals surface area contributed by atoms with Crippen LogP contribution in [0, 0.1) is 20.9 Å². The minimum Gasteiger partial charge on any atom is -0.262 e. The third kappa shape index (κ3) is 1.53. The van der Waals surface area contributed by atoms with Gasteiger partial charge in [-0.05, 0) is 0 Å². The second-order valence-corrected chi connectivity index (χ2v) is 2.74. The number of rotatable bonds is 4. The van der Waals surface area contributed by atoms with Crippen LogP contribution in [0.5, 0.6) is 0 Å². The van der Waals surface area contributed by atoms with E-state index < -0.39 is 10.6 Å². The van der Waals surface area contributed by atoms with Crippen molar-refractivity contribution in [1.29, 1.82) is 0 Å². The van der Waals surface area contributed by atoms with Crippen LogP contribution in [0.1, 0.15) is 27.2 Å². The zero-order valence-electron chi connectivity index (χ0n) is 6.90. The van der Waals surface area contributed by atoms with Gasteiger partial charge in [-0.1, -0.05) is 20.8 Å². The highest BCUT2D eigenvalue weighted by molar-refractivity contribution is 4.77. The number of nitroso groups, excluding NO2 is 1. The van der Waals surface area contributed by atoms with Gasteiger partial charge in [0, 0.05) is 17.5 Å². The average molecular weight is 160 g/mol. The molecular weight excluding hydrogens is 148 g/mol.